The van der Waals surface area contributed by atoms with Crippen molar-refractivity contribution in [3.63, 3.8) is 0 Å². The van der Waals surface area contributed by atoms with Crippen molar-refractivity contribution in [2.75, 3.05) is 20.6 Å². The molecule has 0 heterocycles. The lowest BCUT2D eigenvalue weighted by molar-refractivity contribution is -0.125. The molecule has 22 heavy (non-hydrogen) atoms. The highest BCUT2D eigenvalue weighted by molar-refractivity contribution is 5.83. The molecule has 2 aromatic carbocycles. The number of carbonyl (C=O) groups is 1. The number of nitrogens with zero attached hydrogens (tertiary/aromatic N) is 1. The van der Waals surface area contributed by atoms with E-state index in [1.165, 1.54) is 0 Å². The molecule has 2 unspecified atom stereocenters. The molecule has 2 aromatic rings. The van der Waals surface area contributed by atoms with Crippen LogP contribution in [0.25, 0.3) is 0 Å². The van der Waals surface area contributed by atoms with Crippen LogP contribution in [0, 0.1) is 0 Å². The third-order valence-corrected chi connectivity index (χ3v) is 3.60. The smallest absolute Gasteiger partial charge is 0.242 e. The molecule has 2 rings (SSSR count). The maximum Gasteiger partial charge on any atom is 0.242 e. The van der Waals surface area contributed by atoms with E-state index in [9.17, 15) is 4.79 Å². The Morgan fingerprint density at radius 3 is 2.00 bits per heavy atom. The van der Waals surface area contributed by atoms with Crippen molar-refractivity contribution < 1.29 is 4.79 Å². The van der Waals surface area contributed by atoms with E-state index in [1.54, 1.807) is 0 Å². The van der Waals surface area contributed by atoms with Gasteiger partial charge in [0, 0.05) is 12.6 Å². The van der Waals surface area contributed by atoms with Crippen LogP contribution in [0.15, 0.2) is 60.7 Å². The maximum atomic E-state index is 12.5. The van der Waals surface area contributed by atoms with Gasteiger partial charge in [-0.15, -0.1) is 0 Å². The van der Waals surface area contributed by atoms with Crippen LogP contribution in [0.2, 0.25) is 0 Å². The molecule has 0 spiro atoms. The summed E-state index contributed by atoms with van der Waals surface area (Å²) in [6, 6.07) is 19.0. The number of nitrogens with two attached hydrogens (primary N) is 1. The van der Waals surface area contributed by atoms with Gasteiger partial charge in [0.15, 0.2) is 0 Å². The summed E-state index contributed by atoms with van der Waals surface area (Å²) in [4.78, 5) is 14.4. The molecule has 0 fully saturated rings. The van der Waals surface area contributed by atoms with Crippen molar-refractivity contribution in [2.24, 2.45) is 5.73 Å². The molecule has 0 saturated carbocycles. The number of benzene rings is 2. The van der Waals surface area contributed by atoms with Gasteiger partial charge in [0.1, 0.15) is 6.04 Å². The third-order valence-electron chi connectivity index (χ3n) is 3.60. The van der Waals surface area contributed by atoms with Gasteiger partial charge < -0.3 is 11.1 Å². The van der Waals surface area contributed by atoms with Crippen molar-refractivity contribution in [1.82, 2.24) is 10.2 Å². The predicted molar refractivity (Wildman–Crippen MR) is 89.3 cm³/mol. The zero-order valence-corrected chi connectivity index (χ0v) is 13.1. The fourth-order valence-electron chi connectivity index (χ4n) is 2.44. The topological polar surface area (TPSA) is 58.4 Å². The number of amides is 1. The number of likely N-dealkylation sites (N-methyl/N-ethyl adjacent to an activating group) is 1. The molecule has 4 heteroatoms. The van der Waals surface area contributed by atoms with Gasteiger partial charge in [0.2, 0.25) is 5.91 Å². The van der Waals surface area contributed by atoms with Gasteiger partial charge in [0.05, 0.1) is 0 Å². The lowest BCUT2D eigenvalue weighted by atomic mass is 10.0. The summed E-state index contributed by atoms with van der Waals surface area (Å²) in [5.41, 5.74) is 8.12. The molecule has 0 saturated heterocycles. The minimum Gasteiger partial charge on any atom is -0.353 e. The summed E-state index contributed by atoms with van der Waals surface area (Å²) in [7, 11) is 3.79. The number of rotatable bonds is 6. The monoisotopic (exact) mass is 297 g/mol. The van der Waals surface area contributed by atoms with E-state index < -0.39 is 0 Å². The third kappa shape index (κ3) is 4.16. The van der Waals surface area contributed by atoms with Gasteiger partial charge in [-0.25, -0.2) is 0 Å². The molecule has 2 atom stereocenters. The highest BCUT2D eigenvalue weighted by Crippen LogP contribution is 2.18. The van der Waals surface area contributed by atoms with Gasteiger partial charge in [0.25, 0.3) is 0 Å². The highest BCUT2D eigenvalue weighted by atomic mass is 16.2. The van der Waals surface area contributed by atoms with E-state index in [0.717, 1.165) is 11.1 Å². The van der Waals surface area contributed by atoms with Crippen LogP contribution in [0.1, 0.15) is 23.2 Å². The van der Waals surface area contributed by atoms with Crippen molar-refractivity contribution in [3.05, 3.63) is 71.8 Å². The number of nitrogens with one attached hydrogen (secondary N) is 1. The Kier molecular flexibility index (Phi) is 5.69. The summed E-state index contributed by atoms with van der Waals surface area (Å²) in [5, 5.41) is 2.96. The quantitative estimate of drug-likeness (QED) is 0.858. The minimum absolute atomic E-state index is 0.0393. The van der Waals surface area contributed by atoms with Crippen LogP contribution < -0.4 is 11.1 Å². The average Bonchev–Trinajstić information content (AvgIpc) is 2.54. The zero-order valence-electron chi connectivity index (χ0n) is 13.1. The van der Waals surface area contributed by atoms with Crippen molar-refractivity contribution in [1.29, 1.82) is 0 Å². The molecule has 1 amide bonds. The summed E-state index contributed by atoms with van der Waals surface area (Å²) >= 11 is 0. The first-order valence-corrected chi connectivity index (χ1v) is 7.39. The summed E-state index contributed by atoms with van der Waals surface area (Å²) < 4.78 is 0. The van der Waals surface area contributed by atoms with Crippen molar-refractivity contribution in [3.8, 4) is 0 Å². The Balaban J connectivity index is 2.00. The predicted octanol–water partition coefficient (Wildman–Crippen LogP) is 2.11. The molecule has 0 radical (unpaired) electrons. The van der Waals surface area contributed by atoms with E-state index in [-0.39, 0.29) is 18.0 Å². The molecule has 0 aliphatic carbocycles. The van der Waals surface area contributed by atoms with Crippen LogP contribution in [0.5, 0.6) is 0 Å². The second-order valence-corrected chi connectivity index (χ2v) is 5.54. The zero-order chi connectivity index (χ0) is 15.9. The molecule has 0 aliphatic heterocycles. The van der Waals surface area contributed by atoms with Crippen LogP contribution >= 0.6 is 0 Å². The summed E-state index contributed by atoms with van der Waals surface area (Å²) in [6.45, 7) is 0.417. The van der Waals surface area contributed by atoms with Gasteiger partial charge in [-0.2, -0.15) is 0 Å². The van der Waals surface area contributed by atoms with Crippen molar-refractivity contribution >= 4 is 5.91 Å². The number of hydrogen-bond acceptors (Lipinski definition) is 3. The van der Waals surface area contributed by atoms with E-state index in [2.05, 4.69) is 5.32 Å². The Labute approximate surface area is 131 Å². The Bertz CT molecular complexity index is 584. The SMILES string of the molecule is CN(C)C(C(=O)NCC(N)c1ccccc1)c1ccccc1. The average molecular weight is 297 g/mol. The first-order chi connectivity index (χ1) is 10.6. The van der Waals surface area contributed by atoms with Crippen LogP contribution in [-0.2, 0) is 4.79 Å². The van der Waals surface area contributed by atoms with E-state index in [0.29, 0.717) is 6.54 Å². The highest BCUT2D eigenvalue weighted by Gasteiger charge is 2.22. The normalized spacial score (nSPS) is 13.6. The fourth-order valence-corrected chi connectivity index (χ4v) is 2.44. The van der Waals surface area contributed by atoms with Crippen LogP contribution in [0.3, 0.4) is 0 Å². The minimum atomic E-state index is -0.316. The molecule has 4 nitrogen and oxygen atoms in total. The van der Waals surface area contributed by atoms with Gasteiger partial charge in [-0.05, 0) is 25.2 Å². The second kappa shape index (κ2) is 7.73. The molecule has 3 N–H and O–H groups in total. The van der Waals surface area contributed by atoms with Crippen molar-refractivity contribution in [2.45, 2.75) is 12.1 Å². The second-order valence-electron chi connectivity index (χ2n) is 5.54. The number of carbonyl (C=O) groups excluding carboxylic acids is 1. The number of hydrogen-bond donors (Lipinski definition) is 2. The van der Waals surface area contributed by atoms with Gasteiger partial charge in [-0.3, -0.25) is 9.69 Å². The van der Waals surface area contributed by atoms with Gasteiger partial charge >= 0.3 is 0 Å². The molecule has 0 aliphatic rings. The summed E-state index contributed by atoms with van der Waals surface area (Å²) in [6.07, 6.45) is 0. The Morgan fingerprint density at radius 1 is 1.00 bits per heavy atom. The van der Waals surface area contributed by atoms with Gasteiger partial charge in [-0.1, -0.05) is 60.7 Å². The van der Waals surface area contributed by atoms with Crippen LogP contribution in [0.4, 0.5) is 0 Å². The Hall–Kier alpha value is -2.17. The molecular formula is C18H23N3O. The fraction of sp³-hybridized carbons (Fsp3) is 0.278. The van der Waals surface area contributed by atoms with E-state index in [4.69, 9.17) is 5.73 Å². The molecule has 0 bridgehead atoms. The standard InChI is InChI=1S/C18H23N3O/c1-21(2)17(15-11-7-4-8-12-15)18(22)20-13-16(19)14-9-5-3-6-10-14/h3-12,16-17H,13,19H2,1-2H3,(H,20,22). The maximum absolute atomic E-state index is 12.5. The first kappa shape index (κ1) is 16.2. The molecule has 116 valence electrons. The van der Waals surface area contributed by atoms with E-state index >= 15 is 0 Å². The molecular weight excluding hydrogens is 274 g/mol. The van der Waals surface area contributed by atoms with Crippen LogP contribution in [-0.4, -0.2) is 31.4 Å². The Morgan fingerprint density at radius 2 is 1.50 bits per heavy atom. The lowest BCUT2D eigenvalue weighted by Gasteiger charge is -2.24. The lowest BCUT2D eigenvalue weighted by Crippen LogP contribution is -2.40. The largest absolute Gasteiger partial charge is 0.353 e. The summed E-state index contributed by atoms with van der Waals surface area (Å²) in [5.74, 6) is -0.0393. The van der Waals surface area contributed by atoms with E-state index in [1.807, 2.05) is 79.7 Å². The first-order valence-electron chi connectivity index (χ1n) is 7.39. The molecule has 0 aromatic heterocycles.